The van der Waals surface area contributed by atoms with Crippen molar-refractivity contribution in [2.45, 2.75) is 63.5 Å². The van der Waals surface area contributed by atoms with Gasteiger partial charge in [0.1, 0.15) is 0 Å². The zero-order chi connectivity index (χ0) is 10.0. The molecule has 1 aliphatic heterocycles. The molecule has 0 aromatic carbocycles. The maximum atomic E-state index is 10.5. The van der Waals surface area contributed by atoms with Crippen molar-refractivity contribution in [3.8, 4) is 0 Å². The summed E-state index contributed by atoms with van der Waals surface area (Å²) in [4.78, 5) is 0. The maximum absolute atomic E-state index is 10.5. The molecule has 0 aromatic heterocycles. The molecular formula is C12H23NO. The third kappa shape index (κ3) is 1.96. The summed E-state index contributed by atoms with van der Waals surface area (Å²) >= 11 is 0. The molecule has 0 amide bonds. The van der Waals surface area contributed by atoms with Crippen molar-refractivity contribution in [2.75, 3.05) is 6.54 Å². The third-order valence-electron chi connectivity index (χ3n) is 4.27. The van der Waals surface area contributed by atoms with Gasteiger partial charge >= 0.3 is 0 Å². The Morgan fingerprint density at radius 3 is 2.50 bits per heavy atom. The summed E-state index contributed by atoms with van der Waals surface area (Å²) in [5.41, 5.74) is -0.352. The summed E-state index contributed by atoms with van der Waals surface area (Å²) in [7, 11) is 0. The minimum absolute atomic E-state index is 0.352. The molecule has 1 saturated carbocycles. The minimum Gasteiger partial charge on any atom is -0.390 e. The molecule has 2 rings (SSSR count). The second-order valence-corrected chi connectivity index (χ2v) is 5.16. The molecule has 0 radical (unpaired) electrons. The fraction of sp³-hybridized carbons (Fsp3) is 1.00. The molecule has 1 saturated heterocycles. The second-order valence-electron chi connectivity index (χ2n) is 5.16. The highest BCUT2D eigenvalue weighted by atomic mass is 16.3. The maximum Gasteiger partial charge on any atom is 0.0688 e. The Morgan fingerprint density at radius 1 is 1.21 bits per heavy atom. The molecule has 0 unspecified atom stereocenters. The van der Waals surface area contributed by atoms with Gasteiger partial charge in [-0.15, -0.1) is 0 Å². The number of aliphatic hydroxyl groups is 1. The van der Waals surface area contributed by atoms with Crippen molar-refractivity contribution in [2.24, 2.45) is 5.92 Å². The molecule has 2 atom stereocenters. The van der Waals surface area contributed by atoms with Crippen LogP contribution in [0, 0.1) is 5.92 Å². The van der Waals surface area contributed by atoms with E-state index >= 15 is 0 Å². The zero-order valence-electron chi connectivity index (χ0n) is 9.26. The van der Waals surface area contributed by atoms with E-state index in [0.717, 1.165) is 19.4 Å². The highest BCUT2D eigenvalue weighted by Gasteiger charge is 2.40. The summed E-state index contributed by atoms with van der Waals surface area (Å²) in [5, 5.41) is 14.0. The van der Waals surface area contributed by atoms with Gasteiger partial charge in [-0.05, 0) is 32.2 Å². The lowest BCUT2D eigenvalue weighted by atomic mass is 9.79. The Bertz CT molecular complexity index is 181. The van der Waals surface area contributed by atoms with E-state index in [1.165, 1.54) is 32.1 Å². The second kappa shape index (κ2) is 4.19. The first-order valence-electron chi connectivity index (χ1n) is 6.18. The lowest BCUT2D eigenvalue weighted by Crippen LogP contribution is -2.48. The van der Waals surface area contributed by atoms with Crippen LogP contribution in [-0.2, 0) is 0 Å². The van der Waals surface area contributed by atoms with Crippen LogP contribution in [0.4, 0.5) is 0 Å². The SMILES string of the molecule is C[C@H]([C@H]1CCCCN1)C1(O)CCCC1. The van der Waals surface area contributed by atoms with E-state index in [1.54, 1.807) is 0 Å². The number of nitrogens with one attached hydrogen (secondary N) is 1. The molecule has 0 aromatic rings. The molecule has 2 N–H and O–H groups in total. The van der Waals surface area contributed by atoms with Gasteiger partial charge in [0.05, 0.1) is 5.60 Å². The van der Waals surface area contributed by atoms with E-state index in [9.17, 15) is 5.11 Å². The number of hydrogen-bond acceptors (Lipinski definition) is 2. The first-order valence-corrected chi connectivity index (χ1v) is 6.18. The summed E-state index contributed by atoms with van der Waals surface area (Å²) in [5.74, 6) is 0.435. The Balaban J connectivity index is 1.95. The number of hydrogen-bond donors (Lipinski definition) is 2. The predicted octanol–water partition coefficient (Wildman–Crippen LogP) is 2.07. The minimum atomic E-state index is -0.352. The number of piperidine rings is 1. The molecule has 82 valence electrons. The van der Waals surface area contributed by atoms with Gasteiger partial charge in [-0.1, -0.05) is 26.2 Å². The van der Waals surface area contributed by atoms with Crippen LogP contribution in [0.2, 0.25) is 0 Å². The molecule has 2 nitrogen and oxygen atoms in total. The molecule has 14 heavy (non-hydrogen) atoms. The van der Waals surface area contributed by atoms with Crippen molar-refractivity contribution < 1.29 is 5.11 Å². The average Bonchev–Trinajstić information content (AvgIpc) is 2.67. The lowest BCUT2D eigenvalue weighted by molar-refractivity contribution is -0.0235. The van der Waals surface area contributed by atoms with Crippen molar-refractivity contribution >= 4 is 0 Å². The van der Waals surface area contributed by atoms with Crippen molar-refractivity contribution in [3.63, 3.8) is 0 Å². The van der Waals surface area contributed by atoms with Crippen LogP contribution in [-0.4, -0.2) is 23.3 Å². The normalized spacial score (nSPS) is 34.3. The van der Waals surface area contributed by atoms with Gasteiger partial charge in [-0.3, -0.25) is 0 Å². The van der Waals surface area contributed by atoms with Crippen LogP contribution in [0.5, 0.6) is 0 Å². The summed E-state index contributed by atoms with van der Waals surface area (Å²) in [6.07, 6.45) is 8.36. The van der Waals surface area contributed by atoms with Crippen LogP contribution in [0.1, 0.15) is 51.9 Å². The van der Waals surface area contributed by atoms with E-state index in [1.807, 2.05) is 0 Å². The molecule has 2 heteroatoms. The highest BCUT2D eigenvalue weighted by Crippen LogP contribution is 2.38. The average molecular weight is 197 g/mol. The van der Waals surface area contributed by atoms with Gasteiger partial charge in [-0.2, -0.15) is 0 Å². The molecular weight excluding hydrogens is 174 g/mol. The van der Waals surface area contributed by atoms with E-state index in [-0.39, 0.29) is 5.60 Å². The van der Waals surface area contributed by atoms with Crippen LogP contribution in [0.3, 0.4) is 0 Å². The van der Waals surface area contributed by atoms with E-state index < -0.39 is 0 Å². The van der Waals surface area contributed by atoms with Gasteiger partial charge in [0.25, 0.3) is 0 Å². The molecule has 2 aliphatic rings. The molecule has 0 bridgehead atoms. The molecule has 1 heterocycles. The summed E-state index contributed by atoms with van der Waals surface area (Å²) in [6.45, 7) is 3.37. The Hall–Kier alpha value is -0.0800. The fourth-order valence-electron chi connectivity index (χ4n) is 3.12. The lowest BCUT2D eigenvalue weighted by Gasteiger charge is -2.38. The Kier molecular flexibility index (Phi) is 3.13. The van der Waals surface area contributed by atoms with Crippen LogP contribution in [0.15, 0.2) is 0 Å². The van der Waals surface area contributed by atoms with Crippen LogP contribution < -0.4 is 5.32 Å². The van der Waals surface area contributed by atoms with Gasteiger partial charge in [-0.25, -0.2) is 0 Å². The largest absolute Gasteiger partial charge is 0.390 e. The first kappa shape index (κ1) is 10.4. The number of rotatable bonds is 2. The zero-order valence-corrected chi connectivity index (χ0v) is 9.26. The molecule has 1 aliphatic carbocycles. The quantitative estimate of drug-likeness (QED) is 0.710. The molecule has 0 spiro atoms. The third-order valence-corrected chi connectivity index (χ3v) is 4.27. The van der Waals surface area contributed by atoms with Gasteiger partial charge in [0.2, 0.25) is 0 Å². The standard InChI is InChI=1S/C12H23NO/c1-10(11-6-2-5-9-13-11)12(14)7-3-4-8-12/h10-11,13-14H,2-9H2,1H3/t10-,11-/m1/s1. The van der Waals surface area contributed by atoms with Crippen LogP contribution >= 0.6 is 0 Å². The van der Waals surface area contributed by atoms with Crippen molar-refractivity contribution in [1.82, 2.24) is 5.32 Å². The predicted molar refractivity (Wildman–Crippen MR) is 58.2 cm³/mol. The fourth-order valence-corrected chi connectivity index (χ4v) is 3.12. The van der Waals surface area contributed by atoms with Gasteiger partial charge in [0.15, 0.2) is 0 Å². The van der Waals surface area contributed by atoms with E-state index in [0.29, 0.717) is 12.0 Å². The van der Waals surface area contributed by atoms with Crippen LogP contribution in [0.25, 0.3) is 0 Å². The van der Waals surface area contributed by atoms with E-state index in [4.69, 9.17) is 0 Å². The van der Waals surface area contributed by atoms with Gasteiger partial charge in [0, 0.05) is 12.0 Å². The summed E-state index contributed by atoms with van der Waals surface area (Å²) in [6, 6.07) is 0.562. The summed E-state index contributed by atoms with van der Waals surface area (Å²) < 4.78 is 0. The van der Waals surface area contributed by atoms with E-state index in [2.05, 4.69) is 12.2 Å². The topological polar surface area (TPSA) is 32.3 Å². The monoisotopic (exact) mass is 197 g/mol. The van der Waals surface area contributed by atoms with Crippen molar-refractivity contribution in [3.05, 3.63) is 0 Å². The Morgan fingerprint density at radius 2 is 1.93 bits per heavy atom. The smallest absolute Gasteiger partial charge is 0.0688 e. The Labute approximate surface area is 87.1 Å². The van der Waals surface area contributed by atoms with Gasteiger partial charge < -0.3 is 10.4 Å². The first-order chi connectivity index (χ1) is 6.72. The highest BCUT2D eigenvalue weighted by molar-refractivity contribution is 4.94. The van der Waals surface area contributed by atoms with Crippen molar-refractivity contribution in [1.29, 1.82) is 0 Å². The molecule has 2 fully saturated rings.